The zero-order valence-electron chi connectivity index (χ0n) is 6.50. The molecule has 1 aromatic rings. The summed E-state index contributed by atoms with van der Waals surface area (Å²) in [5, 5.41) is -0.527. The Balaban J connectivity index is 3.00. The lowest BCUT2D eigenvalue weighted by Crippen LogP contribution is -2.12. The summed E-state index contributed by atoms with van der Waals surface area (Å²) in [7, 11) is 1.61. The summed E-state index contributed by atoms with van der Waals surface area (Å²) in [6, 6.07) is 6.74. The summed E-state index contributed by atoms with van der Waals surface area (Å²) < 4.78 is 0. The van der Waals surface area contributed by atoms with Gasteiger partial charge >= 0.3 is 0 Å². The molecule has 3 nitrogen and oxygen atoms in total. The minimum absolute atomic E-state index is 0.355. The van der Waals surface area contributed by atoms with Crippen LogP contribution in [0.25, 0.3) is 0 Å². The van der Waals surface area contributed by atoms with Gasteiger partial charge in [0.15, 0.2) is 5.75 Å². The van der Waals surface area contributed by atoms with E-state index in [0.717, 1.165) is 0 Å². The van der Waals surface area contributed by atoms with Crippen molar-refractivity contribution in [2.24, 2.45) is 0 Å². The number of rotatable bonds is 3. The van der Waals surface area contributed by atoms with Crippen molar-refractivity contribution < 1.29 is 9.63 Å². The normalized spacial score (nSPS) is 9.50. The Hall–Kier alpha value is -1.06. The Morgan fingerprint density at radius 3 is 2.75 bits per heavy atom. The molecule has 1 rings (SSSR count). The smallest absolute Gasteiger partial charge is 0.256 e. The maximum absolute atomic E-state index is 10.8. The molecule has 0 atom stereocenters. The van der Waals surface area contributed by atoms with E-state index >= 15 is 0 Å². The number of nitrogens with one attached hydrogen (secondary N) is 1. The summed E-state index contributed by atoms with van der Waals surface area (Å²) >= 11 is 5.30. The molecule has 0 aromatic heterocycles. The Labute approximate surface area is 75.2 Å². The van der Waals surface area contributed by atoms with E-state index in [1.165, 1.54) is 0 Å². The number of hydrogen-bond donors (Lipinski definition) is 1. The fourth-order valence-electron chi connectivity index (χ4n) is 0.828. The lowest BCUT2D eigenvalue weighted by Gasteiger charge is -2.04. The number of hydroxylamine groups is 1. The van der Waals surface area contributed by atoms with Gasteiger partial charge in [-0.1, -0.05) is 12.1 Å². The molecule has 1 N–H and O–H groups in total. The van der Waals surface area contributed by atoms with Crippen LogP contribution in [-0.2, 0) is 0 Å². The summed E-state index contributed by atoms with van der Waals surface area (Å²) in [4.78, 5) is 15.7. The molecule has 0 aliphatic heterocycles. The molecule has 0 spiro atoms. The van der Waals surface area contributed by atoms with E-state index in [0.29, 0.717) is 11.3 Å². The molecule has 0 unspecified atom stereocenters. The number of para-hydroxylation sites is 1. The van der Waals surface area contributed by atoms with Crippen LogP contribution in [0.5, 0.6) is 5.75 Å². The topological polar surface area (TPSA) is 38.3 Å². The van der Waals surface area contributed by atoms with E-state index in [2.05, 4.69) is 5.48 Å². The Morgan fingerprint density at radius 1 is 1.50 bits per heavy atom. The largest absolute Gasteiger partial charge is 0.408 e. The first-order chi connectivity index (χ1) is 5.75. The predicted molar refractivity (Wildman–Crippen MR) is 46.3 cm³/mol. The van der Waals surface area contributed by atoms with Crippen molar-refractivity contribution in [3.63, 3.8) is 0 Å². The van der Waals surface area contributed by atoms with Crippen molar-refractivity contribution >= 4 is 16.8 Å². The third kappa shape index (κ3) is 1.96. The summed E-state index contributed by atoms with van der Waals surface area (Å²) in [5.74, 6) is 0.431. The molecule has 0 fully saturated rings. The highest BCUT2D eigenvalue weighted by molar-refractivity contribution is 6.68. The Morgan fingerprint density at radius 2 is 2.17 bits per heavy atom. The van der Waals surface area contributed by atoms with Gasteiger partial charge in [0.05, 0.1) is 5.56 Å². The third-order valence-electron chi connectivity index (χ3n) is 1.31. The minimum Gasteiger partial charge on any atom is -0.408 e. The summed E-state index contributed by atoms with van der Waals surface area (Å²) in [6.07, 6.45) is 0. The van der Waals surface area contributed by atoms with E-state index < -0.39 is 5.24 Å². The standard InChI is InChI=1S/C8H8ClNO2/c1-10-12-7-5-3-2-4-6(7)8(9)11/h2-5,10H,1H3. The van der Waals surface area contributed by atoms with Crippen LogP contribution in [0.3, 0.4) is 0 Å². The van der Waals surface area contributed by atoms with Gasteiger partial charge in [0.2, 0.25) is 0 Å². The average molecular weight is 186 g/mol. The third-order valence-corrected chi connectivity index (χ3v) is 1.51. The highest BCUT2D eigenvalue weighted by atomic mass is 35.5. The Bertz CT molecular complexity index is 288. The molecule has 0 amide bonds. The van der Waals surface area contributed by atoms with Gasteiger partial charge in [0, 0.05) is 7.05 Å². The molecule has 64 valence electrons. The van der Waals surface area contributed by atoms with Crippen LogP contribution in [0.4, 0.5) is 0 Å². The number of hydrogen-bond acceptors (Lipinski definition) is 3. The molecule has 0 heterocycles. The number of benzene rings is 1. The molecular weight excluding hydrogens is 178 g/mol. The van der Waals surface area contributed by atoms with Crippen LogP contribution in [0.2, 0.25) is 0 Å². The SMILES string of the molecule is CNOc1ccccc1C(=O)Cl. The van der Waals surface area contributed by atoms with Gasteiger partial charge in [0.25, 0.3) is 5.24 Å². The van der Waals surface area contributed by atoms with E-state index in [9.17, 15) is 4.79 Å². The minimum atomic E-state index is -0.527. The van der Waals surface area contributed by atoms with Gasteiger partial charge in [-0.05, 0) is 23.7 Å². The quantitative estimate of drug-likeness (QED) is 0.574. The molecule has 0 saturated heterocycles. The summed E-state index contributed by atoms with van der Waals surface area (Å²) in [6.45, 7) is 0. The van der Waals surface area contributed by atoms with Crippen molar-refractivity contribution in [2.45, 2.75) is 0 Å². The predicted octanol–water partition coefficient (Wildman–Crippen LogP) is 1.58. The molecular formula is C8H8ClNO2. The lowest BCUT2D eigenvalue weighted by atomic mass is 10.2. The maximum atomic E-state index is 10.8. The van der Waals surface area contributed by atoms with Gasteiger partial charge in [-0.25, -0.2) is 0 Å². The van der Waals surface area contributed by atoms with Gasteiger partial charge in [-0.15, -0.1) is 0 Å². The monoisotopic (exact) mass is 185 g/mol. The van der Waals surface area contributed by atoms with Crippen LogP contribution < -0.4 is 10.3 Å². The van der Waals surface area contributed by atoms with Gasteiger partial charge in [-0.3, -0.25) is 4.79 Å². The fourth-order valence-corrected chi connectivity index (χ4v) is 0.984. The molecule has 4 heteroatoms. The Kier molecular flexibility index (Phi) is 3.08. The highest BCUT2D eigenvalue weighted by Crippen LogP contribution is 2.18. The van der Waals surface area contributed by atoms with Crippen molar-refractivity contribution in [2.75, 3.05) is 7.05 Å². The van der Waals surface area contributed by atoms with Crippen LogP contribution in [-0.4, -0.2) is 12.3 Å². The van der Waals surface area contributed by atoms with Crippen LogP contribution in [0, 0.1) is 0 Å². The second-order valence-corrected chi connectivity index (χ2v) is 2.42. The molecule has 12 heavy (non-hydrogen) atoms. The van der Waals surface area contributed by atoms with Crippen LogP contribution in [0.15, 0.2) is 24.3 Å². The van der Waals surface area contributed by atoms with Crippen molar-refractivity contribution in [3.8, 4) is 5.75 Å². The maximum Gasteiger partial charge on any atom is 0.256 e. The molecule has 0 bridgehead atoms. The van der Waals surface area contributed by atoms with E-state index in [1.54, 1.807) is 31.3 Å². The van der Waals surface area contributed by atoms with E-state index in [4.69, 9.17) is 16.4 Å². The lowest BCUT2D eigenvalue weighted by molar-refractivity contribution is 0.107. The molecule has 0 aliphatic rings. The van der Waals surface area contributed by atoms with Gasteiger partial charge < -0.3 is 4.84 Å². The number of carbonyl (C=O) groups excluding carboxylic acids is 1. The zero-order chi connectivity index (χ0) is 8.97. The second kappa shape index (κ2) is 4.09. The van der Waals surface area contributed by atoms with Crippen molar-refractivity contribution in [1.82, 2.24) is 5.48 Å². The van der Waals surface area contributed by atoms with Crippen molar-refractivity contribution in [1.29, 1.82) is 0 Å². The van der Waals surface area contributed by atoms with Crippen LogP contribution >= 0.6 is 11.6 Å². The molecule has 0 aliphatic carbocycles. The molecule has 0 saturated carbocycles. The van der Waals surface area contributed by atoms with E-state index in [1.807, 2.05) is 0 Å². The van der Waals surface area contributed by atoms with Crippen LogP contribution in [0.1, 0.15) is 10.4 Å². The molecule has 1 aromatic carbocycles. The molecule has 0 radical (unpaired) electrons. The highest BCUT2D eigenvalue weighted by Gasteiger charge is 2.08. The zero-order valence-corrected chi connectivity index (χ0v) is 7.26. The number of carbonyl (C=O) groups is 1. The number of halogens is 1. The first-order valence-corrected chi connectivity index (χ1v) is 3.76. The first-order valence-electron chi connectivity index (χ1n) is 3.38. The first kappa shape index (κ1) is 9.03. The van der Waals surface area contributed by atoms with Gasteiger partial charge in [0.1, 0.15) is 0 Å². The van der Waals surface area contributed by atoms with E-state index in [-0.39, 0.29) is 0 Å². The fraction of sp³-hybridized carbons (Fsp3) is 0.125. The van der Waals surface area contributed by atoms with Crippen molar-refractivity contribution in [3.05, 3.63) is 29.8 Å². The average Bonchev–Trinajstić information content (AvgIpc) is 2.05. The van der Waals surface area contributed by atoms with Gasteiger partial charge in [-0.2, -0.15) is 5.48 Å². The summed E-state index contributed by atoms with van der Waals surface area (Å²) in [5.41, 5.74) is 2.82. The second-order valence-electron chi connectivity index (χ2n) is 2.08.